The van der Waals surface area contributed by atoms with Gasteiger partial charge in [-0.3, -0.25) is 4.90 Å². The fourth-order valence-electron chi connectivity index (χ4n) is 3.00. The Morgan fingerprint density at radius 3 is 2.25 bits per heavy atom. The Morgan fingerprint density at radius 2 is 1.71 bits per heavy atom. The standard InChI is InChI=1S/C18H27NO5/c1-21-13-10-14(19-11-5-4-6-12-19)18(20)24-17-15(22-2)8-7-9-16(17)23-3/h7-9,14H,4-6,10-13H2,1-3H3. The summed E-state index contributed by atoms with van der Waals surface area (Å²) in [5.74, 6) is 0.988. The second kappa shape index (κ2) is 9.49. The fourth-order valence-corrected chi connectivity index (χ4v) is 3.00. The molecule has 1 aliphatic heterocycles. The van der Waals surface area contributed by atoms with Gasteiger partial charge in [0, 0.05) is 13.7 Å². The molecule has 1 aromatic rings. The molecule has 1 saturated heterocycles. The summed E-state index contributed by atoms with van der Waals surface area (Å²) in [6.45, 7) is 2.33. The summed E-state index contributed by atoms with van der Waals surface area (Å²) >= 11 is 0. The van der Waals surface area contributed by atoms with Crippen LogP contribution in [-0.2, 0) is 9.53 Å². The van der Waals surface area contributed by atoms with E-state index in [1.54, 1.807) is 39.5 Å². The van der Waals surface area contributed by atoms with Gasteiger partial charge in [0.2, 0.25) is 5.75 Å². The number of carbonyl (C=O) groups excluding carboxylic acids is 1. The van der Waals surface area contributed by atoms with Crippen LogP contribution in [0.5, 0.6) is 17.2 Å². The van der Waals surface area contributed by atoms with Crippen LogP contribution in [0.1, 0.15) is 25.7 Å². The van der Waals surface area contributed by atoms with Crippen LogP contribution >= 0.6 is 0 Å². The van der Waals surface area contributed by atoms with E-state index in [9.17, 15) is 4.79 Å². The van der Waals surface area contributed by atoms with Crippen LogP contribution < -0.4 is 14.2 Å². The van der Waals surface area contributed by atoms with Gasteiger partial charge in [-0.25, -0.2) is 4.79 Å². The predicted octanol–water partition coefficient (Wildman–Crippen LogP) is 2.50. The minimum atomic E-state index is -0.320. The van der Waals surface area contributed by atoms with E-state index in [1.807, 2.05) is 0 Å². The van der Waals surface area contributed by atoms with Gasteiger partial charge in [0.1, 0.15) is 6.04 Å². The Hall–Kier alpha value is -1.79. The number of rotatable bonds is 8. The molecule has 1 aromatic carbocycles. The van der Waals surface area contributed by atoms with E-state index in [0.29, 0.717) is 30.3 Å². The van der Waals surface area contributed by atoms with E-state index in [-0.39, 0.29) is 12.0 Å². The fraction of sp³-hybridized carbons (Fsp3) is 0.611. The highest BCUT2D eigenvalue weighted by Crippen LogP contribution is 2.37. The summed E-state index contributed by atoms with van der Waals surface area (Å²) in [6, 6.07) is 4.97. The van der Waals surface area contributed by atoms with Crippen molar-refractivity contribution in [1.82, 2.24) is 4.90 Å². The van der Waals surface area contributed by atoms with E-state index < -0.39 is 0 Å². The maximum Gasteiger partial charge on any atom is 0.329 e. The van der Waals surface area contributed by atoms with Crippen molar-refractivity contribution < 1.29 is 23.7 Å². The van der Waals surface area contributed by atoms with Gasteiger partial charge in [-0.15, -0.1) is 0 Å². The van der Waals surface area contributed by atoms with Crippen LogP contribution in [0.3, 0.4) is 0 Å². The number of benzene rings is 1. The van der Waals surface area contributed by atoms with E-state index in [2.05, 4.69) is 4.90 Å². The van der Waals surface area contributed by atoms with E-state index in [1.165, 1.54) is 6.42 Å². The average Bonchev–Trinajstić information content (AvgIpc) is 2.63. The summed E-state index contributed by atoms with van der Waals surface area (Å²) in [7, 11) is 4.72. The lowest BCUT2D eigenvalue weighted by Gasteiger charge is -2.33. The first-order chi connectivity index (χ1) is 11.7. The number of methoxy groups -OCH3 is 3. The first-order valence-corrected chi connectivity index (χ1v) is 8.37. The Kier molecular flexibility index (Phi) is 7.34. The Morgan fingerprint density at radius 1 is 1.08 bits per heavy atom. The molecule has 1 heterocycles. The predicted molar refractivity (Wildman–Crippen MR) is 90.9 cm³/mol. The number of nitrogens with zero attached hydrogens (tertiary/aromatic N) is 1. The number of piperidine rings is 1. The molecular formula is C18H27NO5. The van der Waals surface area contributed by atoms with Gasteiger partial charge in [0.05, 0.1) is 14.2 Å². The van der Waals surface area contributed by atoms with E-state index in [4.69, 9.17) is 18.9 Å². The first-order valence-electron chi connectivity index (χ1n) is 8.37. The van der Waals surface area contributed by atoms with Crippen LogP contribution in [0.4, 0.5) is 0 Å². The number of para-hydroxylation sites is 1. The maximum atomic E-state index is 12.8. The van der Waals surface area contributed by atoms with E-state index in [0.717, 1.165) is 25.9 Å². The third kappa shape index (κ3) is 4.61. The summed E-state index contributed by atoms with van der Waals surface area (Å²) < 4.78 is 21.5. The largest absolute Gasteiger partial charge is 0.493 e. The van der Waals surface area contributed by atoms with Crippen molar-refractivity contribution in [1.29, 1.82) is 0 Å². The van der Waals surface area contributed by atoms with Crippen molar-refractivity contribution in [3.05, 3.63) is 18.2 Å². The van der Waals surface area contributed by atoms with Crippen molar-refractivity contribution in [3.8, 4) is 17.2 Å². The second-order valence-electron chi connectivity index (χ2n) is 5.81. The lowest BCUT2D eigenvalue weighted by atomic mass is 10.1. The lowest BCUT2D eigenvalue weighted by molar-refractivity contribution is -0.141. The third-order valence-corrected chi connectivity index (χ3v) is 4.28. The molecule has 0 spiro atoms. The van der Waals surface area contributed by atoms with Crippen LogP contribution in [0.2, 0.25) is 0 Å². The molecule has 0 aliphatic carbocycles. The van der Waals surface area contributed by atoms with Crippen molar-refractivity contribution in [3.63, 3.8) is 0 Å². The highest BCUT2D eigenvalue weighted by molar-refractivity contribution is 5.79. The van der Waals surface area contributed by atoms with Crippen molar-refractivity contribution in [2.75, 3.05) is 41.0 Å². The van der Waals surface area contributed by atoms with Crippen LogP contribution in [0.25, 0.3) is 0 Å². The molecule has 134 valence electrons. The number of hydrogen-bond acceptors (Lipinski definition) is 6. The van der Waals surface area contributed by atoms with Crippen molar-refractivity contribution in [2.24, 2.45) is 0 Å². The Labute approximate surface area is 143 Å². The first kappa shape index (κ1) is 18.5. The van der Waals surface area contributed by atoms with Crippen molar-refractivity contribution >= 4 is 5.97 Å². The lowest BCUT2D eigenvalue weighted by Crippen LogP contribution is -2.46. The quantitative estimate of drug-likeness (QED) is 0.537. The van der Waals surface area contributed by atoms with Gasteiger partial charge in [-0.2, -0.15) is 0 Å². The molecule has 1 aliphatic rings. The molecule has 24 heavy (non-hydrogen) atoms. The number of carbonyl (C=O) groups is 1. The molecule has 0 N–H and O–H groups in total. The van der Waals surface area contributed by atoms with E-state index >= 15 is 0 Å². The van der Waals surface area contributed by atoms with Crippen LogP contribution in [-0.4, -0.2) is 57.9 Å². The molecule has 0 saturated carbocycles. The molecule has 0 radical (unpaired) electrons. The number of likely N-dealkylation sites (tertiary alicyclic amines) is 1. The van der Waals surface area contributed by atoms with Gasteiger partial charge >= 0.3 is 5.97 Å². The molecular weight excluding hydrogens is 310 g/mol. The summed E-state index contributed by atoms with van der Waals surface area (Å²) in [5.41, 5.74) is 0. The monoisotopic (exact) mass is 337 g/mol. The zero-order chi connectivity index (χ0) is 17.4. The van der Waals surface area contributed by atoms with Gasteiger partial charge in [-0.1, -0.05) is 12.5 Å². The molecule has 1 unspecified atom stereocenters. The zero-order valence-corrected chi connectivity index (χ0v) is 14.7. The summed E-state index contributed by atoms with van der Waals surface area (Å²) in [5, 5.41) is 0. The summed E-state index contributed by atoms with van der Waals surface area (Å²) in [4.78, 5) is 15.0. The normalized spacial score (nSPS) is 16.5. The highest BCUT2D eigenvalue weighted by atomic mass is 16.6. The average molecular weight is 337 g/mol. The molecule has 2 rings (SSSR count). The topological polar surface area (TPSA) is 57.2 Å². The molecule has 6 heteroatoms. The SMILES string of the molecule is COCCC(C(=O)Oc1c(OC)cccc1OC)N1CCCCC1. The Bertz CT molecular complexity index is 506. The third-order valence-electron chi connectivity index (χ3n) is 4.28. The van der Waals surface area contributed by atoms with Gasteiger partial charge in [-0.05, 0) is 44.5 Å². The molecule has 0 bridgehead atoms. The number of hydrogen-bond donors (Lipinski definition) is 0. The molecule has 1 atom stereocenters. The highest BCUT2D eigenvalue weighted by Gasteiger charge is 2.30. The van der Waals surface area contributed by atoms with Crippen molar-refractivity contribution in [2.45, 2.75) is 31.7 Å². The number of ether oxygens (including phenoxy) is 4. The Balaban J connectivity index is 2.17. The molecule has 0 amide bonds. The molecule has 6 nitrogen and oxygen atoms in total. The minimum absolute atomic E-state index is 0.295. The van der Waals surface area contributed by atoms with Gasteiger partial charge in [0.15, 0.2) is 11.5 Å². The number of esters is 1. The van der Waals surface area contributed by atoms with Crippen LogP contribution in [0.15, 0.2) is 18.2 Å². The van der Waals surface area contributed by atoms with Gasteiger partial charge < -0.3 is 18.9 Å². The smallest absolute Gasteiger partial charge is 0.329 e. The molecule has 0 aromatic heterocycles. The van der Waals surface area contributed by atoms with Gasteiger partial charge in [0.25, 0.3) is 0 Å². The van der Waals surface area contributed by atoms with Crippen LogP contribution in [0, 0.1) is 0 Å². The summed E-state index contributed by atoms with van der Waals surface area (Å²) in [6.07, 6.45) is 4.03. The molecule has 1 fully saturated rings. The zero-order valence-electron chi connectivity index (χ0n) is 14.7. The minimum Gasteiger partial charge on any atom is -0.493 e. The maximum absolute atomic E-state index is 12.8. The second-order valence-corrected chi connectivity index (χ2v) is 5.81.